The smallest absolute Gasteiger partial charge is 0.243 e. The molecule has 0 aliphatic carbocycles. The molecule has 130 valence electrons. The highest BCUT2D eigenvalue weighted by atomic mass is 16.5. The van der Waals surface area contributed by atoms with Crippen molar-refractivity contribution in [3.8, 4) is 0 Å². The van der Waals surface area contributed by atoms with Crippen molar-refractivity contribution >= 4 is 11.9 Å². The molecule has 2 N–H and O–H groups in total. The Hall–Kier alpha value is -1.30. The van der Waals surface area contributed by atoms with Crippen LogP contribution in [-0.2, 0) is 9.53 Å². The Morgan fingerprint density at radius 1 is 1.18 bits per heavy atom. The van der Waals surface area contributed by atoms with E-state index in [1.54, 1.807) is 19.0 Å². The van der Waals surface area contributed by atoms with Gasteiger partial charge in [0.15, 0.2) is 5.96 Å². The monoisotopic (exact) mass is 314 g/mol. The van der Waals surface area contributed by atoms with E-state index in [1.165, 1.54) is 0 Å². The minimum absolute atomic E-state index is 0.00598. The van der Waals surface area contributed by atoms with Gasteiger partial charge in [0.2, 0.25) is 5.91 Å². The summed E-state index contributed by atoms with van der Waals surface area (Å²) in [5, 5.41) is 6.50. The number of nitrogens with zero attached hydrogens (tertiary/aromatic N) is 2. The molecule has 0 unspecified atom stereocenters. The summed E-state index contributed by atoms with van der Waals surface area (Å²) in [5.74, 6) is 1.21. The molecule has 0 aliphatic heterocycles. The fraction of sp³-hybridized carbons (Fsp3) is 0.875. The molecule has 0 saturated carbocycles. The largest absolute Gasteiger partial charge is 0.381 e. The van der Waals surface area contributed by atoms with Crippen molar-refractivity contribution in [1.82, 2.24) is 15.5 Å². The number of hydrogen-bond acceptors (Lipinski definition) is 3. The molecular weight excluding hydrogens is 280 g/mol. The normalized spacial score (nSPS) is 11.6. The summed E-state index contributed by atoms with van der Waals surface area (Å²) in [4.78, 5) is 17.5. The second kappa shape index (κ2) is 13.4. The first-order valence-electron chi connectivity index (χ1n) is 8.27. The van der Waals surface area contributed by atoms with Gasteiger partial charge in [-0.15, -0.1) is 0 Å². The average Bonchev–Trinajstić information content (AvgIpc) is 2.47. The van der Waals surface area contributed by atoms with Gasteiger partial charge in [0, 0.05) is 40.4 Å². The third-order valence-electron chi connectivity index (χ3n) is 2.95. The molecule has 0 aromatic rings. The second-order valence-corrected chi connectivity index (χ2v) is 5.97. The van der Waals surface area contributed by atoms with Crippen LogP contribution in [0.4, 0.5) is 0 Å². The number of likely N-dealkylation sites (N-methyl/N-ethyl adjacent to an activating group) is 1. The molecule has 0 fully saturated rings. The number of guanidine groups is 1. The predicted octanol–water partition coefficient (Wildman–Crippen LogP) is 1.47. The van der Waals surface area contributed by atoms with E-state index in [-0.39, 0.29) is 12.5 Å². The van der Waals surface area contributed by atoms with Crippen molar-refractivity contribution in [2.24, 2.45) is 10.9 Å². The third kappa shape index (κ3) is 12.4. The zero-order valence-corrected chi connectivity index (χ0v) is 14.9. The summed E-state index contributed by atoms with van der Waals surface area (Å²) >= 11 is 0. The van der Waals surface area contributed by atoms with Gasteiger partial charge < -0.3 is 20.3 Å². The van der Waals surface area contributed by atoms with Crippen LogP contribution in [0.25, 0.3) is 0 Å². The highest BCUT2D eigenvalue weighted by molar-refractivity contribution is 5.84. The molecule has 0 aromatic carbocycles. The zero-order valence-electron chi connectivity index (χ0n) is 14.9. The average molecular weight is 314 g/mol. The molecule has 0 saturated heterocycles. The van der Waals surface area contributed by atoms with E-state index >= 15 is 0 Å². The standard InChI is InChI=1S/C16H34N4O2/c1-6-7-10-22-11-8-9-17-16(18-12-14(2)3)19-13-15(21)20(4)5/h14H,6-13H2,1-5H3,(H2,17,18,19). The lowest BCUT2D eigenvalue weighted by molar-refractivity contribution is -0.127. The molecule has 6 heteroatoms. The van der Waals surface area contributed by atoms with Crippen LogP contribution < -0.4 is 10.6 Å². The van der Waals surface area contributed by atoms with E-state index in [4.69, 9.17) is 4.74 Å². The maximum absolute atomic E-state index is 11.6. The summed E-state index contributed by atoms with van der Waals surface area (Å²) in [5.41, 5.74) is 0. The molecule has 0 heterocycles. The van der Waals surface area contributed by atoms with Crippen LogP contribution in [0.2, 0.25) is 0 Å². The first-order chi connectivity index (χ1) is 10.5. The van der Waals surface area contributed by atoms with Crippen LogP contribution in [0.5, 0.6) is 0 Å². The molecule has 0 atom stereocenters. The Kier molecular flexibility index (Phi) is 12.6. The van der Waals surface area contributed by atoms with Gasteiger partial charge in [0.25, 0.3) is 0 Å². The van der Waals surface area contributed by atoms with Gasteiger partial charge in [-0.1, -0.05) is 27.2 Å². The van der Waals surface area contributed by atoms with Crippen LogP contribution in [0, 0.1) is 5.92 Å². The maximum Gasteiger partial charge on any atom is 0.243 e. The van der Waals surface area contributed by atoms with Gasteiger partial charge in [-0.05, 0) is 18.8 Å². The number of amides is 1. The van der Waals surface area contributed by atoms with Crippen molar-refractivity contribution in [1.29, 1.82) is 0 Å². The minimum Gasteiger partial charge on any atom is -0.381 e. The van der Waals surface area contributed by atoms with E-state index in [1.807, 2.05) is 0 Å². The van der Waals surface area contributed by atoms with Crippen molar-refractivity contribution in [3.63, 3.8) is 0 Å². The molecule has 0 rings (SSSR count). The van der Waals surface area contributed by atoms with Crippen LogP contribution in [0.3, 0.4) is 0 Å². The highest BCUT2D eigenvalue weighted by Gasteiger charge is 2.05. The molecular formula is C16H34N4O2. The van der Waals surface area contributed by atoms with E-state index in [9.17, 15) is 4.79 Å². The summed E-state index contributed by atoms with van der Waals surface area (Å²) in [7, 11) is 3.47. The number of carbonyl (C=O) groups is 1. The van der Waals surface area contributed by atoms with Gasteiger partial charge in [-0.2, -0.15) is 0 Å². The molecule has 0 aromatic heterocycles. The van der Waals surface area contributed by atoms with Crippen molar-refractivity contribution in [2.45, 2.75) is 40.0 Å². The Morgan fingerprint density at radius 2 is 1.86 bits per heavy atom. The Labute approximate surface area is 135 Å². The van der Waals surface area contributed by atoms with Crippen LogP contribution in [-0.4, -0.2) is 63.7 Å². The SMILES string of the molecule is CCCCOCCCNC(=NCC(=O)N(C)C)NCC(C)C. The highest BCUT2D eigenvalue weighted by Crippen LogP contribution is 1.90. The summed E-state index contributed by atoms with van der Waals surface area (Å²) in [6, 6.07) is 0. The van der Waals surface area contributed by atoms with E-state index in [0.29, 0.717) is 11.9 Å². The van der Waals surface area contributed by atoms with Crippen molar-refractivity contribution in [3.05, 3.63) is 0 Å². The van der Waals surface area contributed by atoms with Gasteiger partial charge in [0.1, 0.15) is 6.54 Å². The van der Waals surface area contributed by atoms with E-state index in [2.05, 4.69) is 36.4 Å². The van der Waals surface area contributed by atoms with E-state index in [0.717, 1.165) is 45.6 Å². The molecule has 0 radical (unpaired) electrons. The number of unbranched alkanes of at least 4 members (excludes halogenated alkanes) is 1. The minimum atomic E-state index is -0.00598. The number of nitrogens with one attached hydrogen (secondary N) is 2. The quantitative estimate of drug-likeness (QED) is 0.344. The topological polar surface area (TPSA) is 66.0 Å². The van der Waals surface area contributed by atoms with Crippen LogP contribution >= 0.6 is 0 Å². The lowest BCUT2D eigenvalue weighted by atomic mass is 10.2. The number of ether oxygens (including phenoxy) is 1. The Morgan fingerprint density at radius 3 is 2.45 bits per heavy atom. The first-order valence-corrected chi connectivity index (χ1v) is 8.27. The Bertz CT molecular complexity index is 317. The maximum atomic E-state index is 11.6. The second-order valence-electron chi connectivity index (χ2n) is 5.97. The fourth-order valence-electron chi connectivity index (χ4n) is 1.49. The molecule has 1 amide bonds. The molecule has 0 spiro atoms. The van der Waals surface area contributed by atoms with Gasteiger partial charge in [-0.3, -0.25) is 4.79 Å². The fourth-order valence-corrected chi connectivity index (χ4v) is 1.49. The van der Waals surface area contributed by atoms with Gasteiger partial charge in [-0.25, -0.2) is 4.99 Å². The van der Waals surface area contributed by atoms with Crippen molar-refractivity contribution < 1.29 is 9.53 Å². The van der Waals surface area contributed by atoms with Gasteiger partial charge >= 0.3 is 0 Å². The number of rotatable bonds is 11. The van der Waals surface area contributed by atoms with Gasteiger partial charge in [0.05, 0.1) is 0 Å². The zero-order chi connectivity index (χ0) is 16.8. The van der Waals surface area contributed by atoms with E-state index < -0.39 is 0 Å². The Balaban J connectivity index is 4.07. The number of aliphatic imine (C=N–C) groups is 1. The lowest BCUT2D eigenvalue weighted by Gasteiger charge is -2.15. The molecule has 6 nitrogen and oxygen atoms in total. The lowest BCUT2D eigenvalue weighted by Crippen LogP contribution is -2.40. The number of carbonyl (C=O) groups excluding carboxylic acids is 1. The summed E-state index contributed by atoms with van der Waals surface area (Å²) in [6.45, 7) is 9.79. The predicted molar refractivity (Wildman–Crippen MR) is 92.2 cm³/mol. The number of hydrogen-bond donors (Lipinski definition) is 2. The summed E-state index contributed by atoms with van der Waals surface area (Å²) in [6.07, 6.45) is 3.20. The van der Waals surface area contributed by atoms with Crippen LogP contribution in [0.15, 0.2) is 4.99 Å². The van der Waals surface area contributed by atoms with Crippen LogP contribution in [0.1, 0.15) is 40.0 Å². The third-order valence-corrected chi connectivity index (χ3v) is 2.95. The molecule has 0 aliphatic rings. The van der Waals surface area contributed by atoms with Crippen molar-refractivity contribution in [2.75, 3.05) is 46.9 Å². The first kappa shape index (κ1) is 20.7. The molecule has 0 bridgehead atoms. The summed E-state index contributed by atoms with van der Waals surface area (Å²) < 4.78 is 5.52. The molecule has 22 heavy (non-hydrogen) atoms.